The van der Waals surface area contributed by atoms with E-state index in [9.17, 15) is 8.42 Å². The van der Waals surface area contributed by atoms with E-state index in [1.807, 2.05) is 36.4 Å². The highest BCUT2D eigenvalue weighted by molar-refractivity contribution is 9.10. The Hall–Kier alpha value is -2.05. The summed E-state index contributed by atoms with van der Waals surface area (Å²) >= 11 is 3.38. The van der Waals surface area contributed by atoms with Crippen molar-refractivity contribution in [2.45, 2.75) is 44.4 Å². The van der Waals surface area contributed by atoms with Gasteiger partial charge in [-0.3, -0.25) is 4.72 Å². The van der Waals surface area contributed by atoms with Crippen LogP contribution in [0.2, 0.25) is 0 Å². The second-order valence-corrected chi connectivity index (χ2v) is 10.0. The second kappa shape index (κ2) is 10.3. The second-order valence-electron chi connectivity index (χ2n) is 7.43. The lowest BCUT2D eigenvalue weighted by Gasteiger charge is -2.26. The highest BCUT2D eigenvalue weighted by Gasteiger charge is 2.19. The van der Waals surface area contributed by atoms with Crippen LogP contribution in [-0.2, 0) is 10.0 Å². The fourth-order valence-electron chi connectivity index (χ4n) is 3.55. The standard InChI is InChI=1S/C24H29BrN2O2S/c1-3-5-17-27(18-6-4-2)23-11-7-10-22-21(23)9-8-12-24(22)30(28,29)26-20-15-13-19(25)14-16-20/h7-16,26H,3-6,17-18H2,1-2H3. The van der Waals surface area contributed by atoms with E-state index in [-0.39, 0.29) is 0 Å². The minimum Gasteiger partial charge on any atom is -0.371 e. The number of unbranched alkanes of at least 4 members (excludes halogenated alkanes) is 2. The molecule has 0 saturated heterocycles. The number of anilines is 2. The van der Waals surface area contributed by atoms with E-state index >= 15 is 0 Å². The van der Waals surface area contributed by atoms with Crippen molar-refractivity contribution >= 4 is 48.1 Å². The summed E-state index contributed by atoms with van der Waals surface area (Å²) in [6.07, 6.45) is 4.49. The minimum absolute atomic E-state index is 0.302. The Kier molecular flexibility index (Phi) is 7.78. The lowest BCUT2D eigenvalue weighted by Crippen LogP contribution is -2.25. The maximum Gasteiger partial charge on any atom is 0.262 e. The number of fused-ring (bicyclic) bond motifs is 1. The Labute approximate surface area is 188 Å². The maximum atomic E-state index is 13.2. The monoisotopic (exact) mass is 488 g/mol. The summed E-state index contributed by atoms with van der Waals surface area (Å²) in [7, 11) is -3.71. The van der Waals surface area contributed by atoms with E-state index in [0.29, 0.717) is 10.6 Å². The Morgan fingerprint density at radius 3 is 2.07 bits per heavy atom. The van der Waals surface area contributed by atoms with Crippen LogP contribution in [0.5, 0.6) is 0 Å². The molecule has 0 spiro atoms. The Bertz CT molecular complexity index is 1070. The number of sulfonamides is 1. The SMILES string of the molecule is CCCCN(CCCC)c1cccc2c(S(=O)(=O)Nc3ccc(Br)cc3)cccc12. The normalized spacial score (nSPS) is 11.6. The predicted molar refractivity (Wildman–Crippen MR) is 131 cm³/mol. The third kappa shape index (κ3) is 5.35. The van der Waals surface area contributed by atoms with Gasteiger partial charge in [0.25, 0.3) is 10.0 Å². The fourth-order valence-corrected chi connectivity index (χ4v) is 5.10. The van der Waals surface area contributed by atoms with Gasteiger partial charge >= 0.3 is 0 Å². The largest absolute Gasteiger partial charge is 0.371 e. The van der Waals surface area contributed by atoms with Crippen molar-refractivity contribution in [2.75, 3.05) is 22.7 Å². The van der Waals surface area contributed by atoms with Crippen molar-refractivity contribution in [3.05, 3.63) is 65.1 Å². The third-order valence-corrected chi connectivity index (χ3v) is 7.12. The quantitative estimate of drug-likeness (QED) is 0.340. The smallest absolute Gasteiger partial charge is 0.262 e. The highest BCUT2D eigenvalue weighted by Crippen LogP contribution is 2.32. The number of halogens is 1. The average molecular weight is 489 g/mol. The minimum atomic E-state index is -3.71. The predicted octanol–water partition coefficient (Wildman–Crippen LogP) is 6.81. The van der Waals surface area contributed by atoms with Crippen molar-refractivity contribution in [2.24, 2.45) is 0 Å². The molecule has 6 heteroatoms. The molecule has 0 aliphatic carbocycles. The maximum absolute atomic E-state index is 13.2. The first-order chi connectivity index (χ1) is 14.5. The zero-order valence-corrected chi connectivity index (χ0v) is 20.0. The molecule has 30 heavy (non-hydrogen) atoms. The molecule has 0 amide bonds. The van der Waals surface area contributed by atoms with Gasteiger partial charge in [0.05, 0.1) is 4.90 Å². The summed E-state index contributed by atoms with van der Waals surface area (Å²) in [4.78, 5) is 2.70. The summed E-state index contributed by atoms with van der Waals surface area (Å²) in [5, 5.41) is 1.72. The third-order valence-electron chi connectivity index (χ3n) is 5.15. The van der Waals surface area contributed by atoms with Crippen molar-refractivity contribution in [1.82, 2.24) is 0 Å². The molecule has 160 valence electrons. The molecule has 0 unspecified atom stereocenters. The summed E-state index contributed by atoms with van der Waals surface area (Å²) < 4.78 is 30.0. The van der Waals surface area contributed by atoms with Gasteiger partial charge in [-0.05, 0) is 49.2 Å². The Morgan fingerprint density at radius 1 is 0.833 bits per heavy atom. The number of hydrogen-bond acceptors (Lipinski definition) is 3. The molecule has 3 aromatic carbocycles. The van der Waals surface area contributed by atoms with E-state index in [2.05, 4.69) is 45.5 Å². The molecule has 0 fully saturated rings. The van der Waals surface area contributed by atoms with Crippen molar-refractivity contribution in [3.63, 3.8) is 0 Å². The van der Waals surface area contributed by atoms with Crippen LogP contribution < -0.4 is 9.62 Å². The molecule has 0 atom stereocenters. The first-order valence-electron chi connectivity index (χ1n) is 10.5. The van der Waals surface area contributed by atoms with E-state index < -0.39 is 10.0 Å². The van der Waals surface area contributed by atoms with Crippen molar-refractivity contribution < 1.29 is 8.42 Å². The van der Waals surface area contributed by atoms with Crippen molar-refractivity contribution in [3.8, 4) is 0 Å². The van der Waals surface area contributed by atoms with Gasteiger partial charge in [0.15, 0.2) is 0 Å². The van der Waals surface area contributed by atoms with E-state index in [0.717, 1.165) is 59.7 Å². The van der Waals surface area contributed by atoms with Crippen LogP contribution in [0.1, 0.15) is 39.5 Å². The van der Waals surface area contributed by atoms with E-state index in [4.69, 9.17) is 0 Å². The topological polar surface area (TPSA) is 49.4 Å². The molecule has 0 aromatic heterocycles. The van der Waals surface area contributed by atoms with Gasteiger partial charge in [-0.25, -0.2) is 8.42 Å². The molecular weight excluding hydrogens is 460 g/mol. The Balaban J connectivity index is 2.02. The molecule has 4 nitrogen and oxygen atoms in total. The van der Waals surface area contributed by atoms with Crippen LogP contribution in [0.3, 0.4) is 0 Å². The van der Waals surface area contributed by atoms with Crippen LogP contribution in [0.25, 0.3) is 10.8 Å². The summed E-state index contributed by atoms with van der Waals surface area (Å²) in [5.74, 6) is 0. The van der Waals surface area contributed by atoms with Crippen LogP contribution in [-0.4, -0.2) is 21.5 Å². The van der Waals surface area contributed by atoms with Crippen LogP contribution >= 0.6 is 15.9 Å². The van der Waals surface area contributed by atoms with E-state index in [1.54, 1.807) is 18.2 Å². The van der Waals surface area contributed by atoms with Gasteiger partial charge in [0.1, 0.15) is 0 Å². The molecule has 0 aliphatic rings. The van der Waals surface area contributed by atoms with Crippen molar-refractivity contribution in [1.29, 1.82) is 0 Å². The van der Waals surface area contributed by atoms with E-state index in [1.165, 1.54) is 0 Å². The van der Waals surface area contributed by atoms with Gasteiger partial charge in [-0.1, -0.05) is 66.9 Å². The van der Waals surface area contributed by atoms with Gasteiger partial charge in [-0.2, -0.15) is 0 Å². The first-order valence-corrected chi connectivity index (χ1v) is 12.8. The van der Waals surface area contributed by atoms with Crippen LogP contribution in [0, 0.1) is 0 Å². The number of benzene rings is 3. The first kappa shape index (κ1) is 22.6. The molecular formula is C24H29BrN2O2S. The zero-order valence-electron chi connectivity index (χ0n) is 17.6. The summed E-state index contributed by atoms with van der Waals surface area (Å²) in [6, 6.07) is 18.6. The van der Waals surface area contributed by atoms with Gasteiger partial charge in [0.2, 0.25) is 0 Å². The number of hydrogen-bond donors (Lipinski definition) is 1. The molecule has 0 heterocycles. The van der Waals surface area contributed by atoms with Crippen LogP contribution in [0.4, 0.5) is 11.4 Å². The van der Waals surface area contributed by atoms with Gasteiger partial charge in [-0.15, -0.1) is 0 Å². The van der Waals surface area contributed by atoms with Gasteiger partial charge in [0, 0.05) is 39.7 Å². The lowest BCUT2D eigenvalue weighted by atomic mass is 10.1. The molecule has 0 aliphatic heterocycles. The van der Waals surface area contributed by atoms with Crippen LogP contribution in [0.15, 0.2) is 70.0 Å². The highest BCUT2D eigenvalue weighted by atomic mass is 79.9. The fraction of sp³-hybridized carbons (Fsp3) is 0.333. The Morgan fingerprint density at radius 2 is 1.43 bits per heavy atom. The lowest BCUT2D eigenvalue weighted by molar-refractivity contribution is 0.602. The molecule has 3 rings (SSSR count). The average Bonchev–Trinajstić information content (AvgIpc) is 2.74. The molecule has 0 bridgehead atoms. The molecule has 0 saturated carbocycles. The number of nitrogens with one attached hydrogen (secondary N) is 1. The molecule has 0 radical (unpaired) electrons. The summed E-state index contributed by atoms with van der Waals surface area (Å²) in [6.45, 7) is 6.34. The summed E-state index contributed by atoms with van der Waals surface area (Å²) in [5.41, 5.74) is 1.65. The van der Waals surface area contributed by atoms with Gasteiger partial charge < -0.3 is 4.90 Å². The number of rotatable bonds is 10. The number of nitrogens with zero attached hydrogens (tertiary/aromatic N) is 1. The molecule has 1 N–H and O–H groups in total. The molecule has 3 aromatic rings. The zero-order chi connectivity index (χ0) is 21.6.